The van der Waals surface area contributed by atoms with E-state index in [1.807, 2.05) is 12.2 Å². The standard InChI is InChI=1S/C6H13N3/c7-3-1-5-9-6-2-4-8/h1-2,5-6,9H,3-4,7-8H2. The first-order valence-corrected chi connectivity index (χ1v) is 2.88. The predicted molar refractivity (Wildman–Crippen MR) is 39.5 cm³/mol. The van der Waals surface area contributed by atoms with Crippen LogP contribution in [0.3, 0.4) is 0 Å². The van der Waals surface area contributed by atoms with Crippen LogP contribution in [0.1, 0.15) is 0 Å². The van der Waals surface area contributed by atoms with Gasteiger partial charge in [-0.15, -0.1) is 0 Å². The number of hydrogen-bond donors (Lipinski definition) is 3. The van der Waals surface area contributed by atoms with Crippen LogP contribution < -0.4 is 16.8 Å². The van der Waals surface area contributed by atoms with E-state index in [0.29, 0.717) is 13.1 Å². The van der Waals surface area contributed by atoms with Crippen LogP contribution in [0.15, 0.2) is 24.6 Å². The van der Waals surface area contributed by atoms with Crippen molar-refractivity contribution in [2.75, 3.05) is 13.1 Å². The molecule has 0 saturated carbocycles. The highest BCUT2D eigenvalue weighted by Crippen LogP contribution is 1.64. The molecule has 3 nitrogen and oxygen atoms in total. The second-order valence-electron chi connectivity index (χ2n) is 1.44. The minimum Gasteiger partial charge on any atom is -0.368 e. The molecule has 0 saturated heterocycles. The Morgan fingerprint density at radius 2 is 1.44 bits per heavy atom. The van der Waals surface area contributed by atoms with Crippen LogP contribution in [0.25, 0.3) is 0 Å². The van der Waals surface area contributed by atoms with E-state index in [0.717, 1.165) is 0 Å². The minimum atomic E-state index is 0.559. The van der Waals surface area contributed by atoms with Gasteiger partial charge in [-0.05, 0) is 12.4 Å². The van der Waals surface area contributed by atoms with Gasteiger partial charge in [0.25, 0.3) is 0 Å². The highest BCUT2D eigenvalue weighted by Gasteiger charge is 1.64. The van der Waals surface area contributed by atoms with Crippen LogP contribution in [0, 0.1) is 0 Å². The highest BCUT2D eigenvalue weighted by atomic mass is 14.8. The van der Waals surface area contributed by atoms with Crippen LogP contribution >= 0.6 is 0 Å². The zero-order valence-corrected chi connectivity index (χ0v) is 5.38. The maximum absolute atomic E-state index is 5.17. The second-order valence-corrected chi connectivity index (χ2v) is 1.44. The smallest absolute Gasteiger partial charge is 0.0124 e. The number of nitrogens with two attached hydrogens (primary N) is 2. The number of nitrogens with one attached hydrogen (secondary N) is 1. The molecule has 0 aliphatic carbocycles. The van der Waals surface area contributed by atoms with Gasteiger partial charge in [0.1, 0.15) is 0 Å². The molecule has 3 heteroatoms. The molecular formula is C6H13N3. The van der Waals surface area contributed by atoms with Crippen molar-refractivity contribution in [3.8, 4) is 0 Å². The van der Waals surface area contributed by atoms with E-state index in [4.69, 9.17) is 11.5 Å². The van der Waals surface area contributed by atoms with Gasteiger partial charge in [-0.3, -0.25) is 0 Å². The van der Waals surface area contributed by atoms with Gasteiger partial charge in [-0.2, -0.15) is 0 Å². The Morgan fingerprint density at radius 1 is 1.00 bits per heavy atom. The van der Waals surface area contributed by atoms with Crippen LogP contribution in [0.5, 0.6) is 0 Å². The normalized spacial score (nSPS) is 11.3. The molecule has 0 aliphatic rings. The quantitative estimate of drug-likeness (QED) is 0.478. The summed E-state index contributed by atoms with van der Waals surface area (Å²) in [6, 6.07) is 0. The average molecular weight is 127 g/mol. The summed E-state index contributed by atoms with van der Waals surface area (Å²) >= 11 is 0. The first kappa shape index (κ1) is 8.20. The maximum Gasteiger partial charge on any atom is 0.0124 e. The summed E-state index contributed by atoms with van der Waals surface area (Å²) < 4.78 is 0. The molecule has 0 bridgehead atoms. The molecule has 0 aliphatic heterocycles. The summed E-state index contributed by atoms with van der Waals surface area (Å²) in [5, 5.41) is 2.87. The third-order valence-electron chi connectivity index (χ3n) is 0.700. The minimum absolute atomic E-state index is 0.559. The van der Waals surface area contributed by atoms with Crippen LogP contribution in [-0.2, 0) is 0 Å². The van der Waals surface area contributed by atoms with Crippen molar-refractivity contribution in [1.29, 1.82) is 0 Å². The lowest BCUT2D eigenvalue weighted by atomic mass is 10.6. The van der Waals surface area contributed by atoms with Crippen molar-refractivity contribution in [2.45, 2.75) is 0 Å². The van der Waals surface area contributed by atoms with Crippen LogP contribution in [0.2, 0.25) is 0 Å². The molecule has 0 heterocycles. The van der Waals surface area contributed by atoms with E-state index < -0.39 is 0 Å². The zero-order chi connectivity index (χ0) is 6.95. The lowest BCUT2D eigenvalue weighted by Gasteiger charge is -1.86. The van der Waals surface area contributed by atoms with Crippen molar-refractivity contribution in [1.82, 2.24) is 5.32 Å². The van der Waals surface area contributed by atoms with E-state index >= 15 is 0 Å². The molecule has 0 atom stereocenters. The summed E-state index contributed by atoms with van der Waals surface area (Å²) in [6.07, 6.45) is 7.18. The molecule has 52 valence electrons. The van der Waals surface area contributed by atoms with Gasteiger partial charge in [-0.1, -0.05) is 12.2 Å². The number of rotatable bonds is 4. The maximum atomic E-state index is 5.17. The lowest BCUT2D eigenvalue weighted by molar-refractivity contribution is 1.13. The third kappa shape index (κ3) is 7.20. The molecule has 0 fully saturated rings. The molecule has 0 aromatic heterocycles. The van der Waals surface area contributed by atoms with Crippen molar-refractivity contribution < 1.29 is 0 Å². The van der Waals surface area contributed by atoms with Gasteiger partial charge in [-0.25, -0.2) is 0 Å². The Hall–Kier alpha value is -0.800. The van der Waals surface area contributed by atoms with Crippen molar-refractivity contribution in [3.63, 3.8) is 0 Å². The molecule has 5 N–H and O–H groups in total. The summed E-state index contributed by atoms with van der Waals surface area (Å²) in [5.74, 6) is 0. The molecule has 0 amide bonds. The largest absolute Gasteiger partial charge is 0.368 e. The Labute approximate surface area is 55.4 Å². The summed E-state index contributed by atoms with van der Waals surface area (Å²) in [4.78, 5) is 0. The van der Waals surface area contributed by atoms with Gasteiger partial charge in [0.15, 0.2) is 0 Å². The fourth-order valence-electron chi connectivity index (χ4n) is 0.328. The monoisotopic (exact) mass is 127 g/mol. The molecular weight excluding hydrogens is 114 g/mol. The fourth-order valence-corrected chi connectivity index (χ4v) is 0.328. The van der Waals surface area contributed by atoms with Crippen LogP contribution in [0.4, 0.5) is 0 Å². The Kier molecular flexibility index (Phi) is 6.56. The Balaban J connectivity index is 3.08. The summed E-state index contributed by atoms with van der Waals surface area (Å²) in [6.45, 7) is 1.12. The summed E-state index contributed by atoms with van der Waals surface area (Å²) in [7, 11) is 0. The van der Waals surface area contributed by atoms with Gasteiger partial charge >= 0.3 is 0 Å². The van der Waals surface area contributed by atoms with Gasteiger partial charge in [0.2, 0.25) is 0 Å². The van der Waals surface area contributed by atoms with Crippen molar-refractivity contribution in [3.05, 3.63) is 24.6 Å². The van der Waals surface area contributed by atoms with E-state index in [2.05, 4.69) is 5.32 Å². The first-order valence-electron chi connectivity index (χ1n) is 2.88. The van der Waals surface area contributed by atoms with E-state index in [1.165, 1.54) is 0 Å². The lowest BCUT2D eigenvalue weighted by Crippen LogP contribution is -1.99. The van der Waals surface area contributed by atoms with Crippen molar-refractivity contribution in [2.24, 2.45) is 11.5 Å². The zero-order valence-electron chi connectivity index (χ0n) is 5.38. The number of hydrogen-bond acceptors (Lipinski definition) is 3. The fraction of sp³-hybridized carbons (Fsp3) is 0.333. The molecule has 0 aromatic carbocycles. The third-order valence-corrected chi connectivity index (χ3v) is 0.700. The van der Waals surface area contributed by atoms with Gasteiger partial charge < -0.3 is 16.8 Å². The van der Waals surface area contributed by atoms with E-state index in [1.54, 1.807) is 12.4 Å². The first-order chi connectivity index (χ1) is 4.41. The topological polar surface area (TPSA) is 64.1 Å². The average Bonchev–Trinajstić information content (AvgIpc) is 1.89. The molecule has 0 spiro atoms. The second kappa shape index (κ2) is 7.20. The van der Waals surface area contributed by atoms with Gasteiger partial charge in [0, 0.05) is 13.1 Å². The van der Waals surface area contributed by atoms with E-state index in [9.17, 15) is 0 Å². The van der Waals surface area contributed by atoms with Crippen LogP contribution in [-0.4, -0.2) is 13.1 Å². The van der Waals surface area contributed by atoms with E-state index in [-0.39, 0.29) is 0 Å². The Morgan fingerprint density at radius 3 is 1.78 bits per heavy atom. The summed E-state index contributed by atoms with van der Waals surface area (Å²) in [5.41, 5.74) is 10.3. The van der Waals surface area contributed by atoms with Gasteiger partial charge in [0.05, 0.1) is 0 Å². The molecule has 9 heavy (non-hydrogen) atoms. The SMILES string of the molecule is NCC=CNC=CCN. The molecule has 0 radical (unpaired) electrons. The Bertz CT molecular complexity index is 84.5. The highest BCUT2D eigenvalue weighted by molar-refractivity contribution is 4.89. The molecule has 0 unspecified atom stereocenters. The molecule has 0 aromatic rings. The molecule has 0 rings (SSSR count). The predicted octanol–water partition coefficient (Wildman–Crippen LogP) is -0.479. The van der Waals surface area contributed by atoms with Crippen molar-refractivity contribution >= 4 is 0 Å².